The standard InChI is InChI=1S/C15H15N3O2S/c1-11-7-13-3-2-4-14(15(13)17-8-11)21(19,20)18-10-12-5-6-16-9-12/h2-9,16,18H,10H2,1H3. The fraction of sp³-hybridized carbons (Fsp3) is 0.133. The number of nitrogens with one attached hydrogen (secondary N) is 2. The second-order valence-electron chi connectivity index (χ2n) is 4.88. The molecule has 108 valence electrons. The van der Waals surface area contributed by atoms with Gasteiger partial charge in [-0.25, -0.2) is 13.1 Å². The highest BCUT2D eigenvalue weighted by Gasteiger charge is 2.17. The molecule has 0 atom stereocenters. The van der Waals surface area contributed by atoms with Gasteiger partial charge >= 0.3 is 0 Å². The van der Waals surface area contributed by atoms with Gasteiger partial charge in [-0.1, -0.05) is 12.1 Å². The van der Waals surface area contributed by atoms with E-state index in [1.54, 1.807) is 30.7 Å². The lowest BCUT2D eigenvalue weighted by atomic mass is 10.2. The van der Waals surface area contributed by atoms with E-state index in [1.807, 2.05) is 25.1 Å². The molecule has 0 saturated heterocycles. The molecule has 0 spiro atoms. The van der Waals surface area contributed by atoms with E-state index in [2.05, 4.69) is 14.7 Å². The van der Waals surface area contributed by atoms with Crippen LogP contribution in [0.2, 0.25) is 0 Å². The summed E-state index contributed by atoms with van der Waals surface area (Å²) < 4.78 is 27.5. The van der Waals surface area contributed by atoms with Gasteiger partial charge in [-0.3, -0.25) is 4.98 Å². The van der Waals surface area contributed by atoms with E-state index in [0.717, 1.165) is 16.5 Å². The van der Waals surface area contributed by atoms with Crippen LogP contribution < -0.4 is 4.72 Å². The molecule has 21 heavy (non-hydrogen) atoms. The smallest absolute Gasteiger partial charge is 0.243 e. The Morgan fingerprint density at radius 2 is 2.14 bits per heavy atom. The van der Waals surface area contributed by atoms with Crippen molar-refractivity contribution in [2.24, 2.45) is 0 Å². The summed E-state index contributed by atoms with van der Waals surface area (Å²) in [6, 6.07) is 8.92. The van der Waals surface area contributed by atoms with Crippen molar-refractivity contribution in [3.63, 3.8) is 0 Å². The van der Waals surface area contributed by atoms with E-state index in [9.17, 15) is 8.42 Å². The normalized spacial score (nSPS) is 11.9. The number of fused-ring (bicyclic) bond motifs is 1. The summed E-state index contributed by atoms with van der Waals surface area (Å²) in [4.78, 5) is 7.37. The van der Waals surface area contributed by atoms with Crippen LogP contribution in [0.25, 0.3) is 10.9 Å². The molecule has 6 heteroatoms. The minimum absolute atomic E-state index is 0.204. The molecule has 0 unspecified atom stereocenters. The fourth-order valence-corrected chi connectivity index (χ4v) is 3.38. The zero-order valence-corrected chi connectivity index (χ0v) is 12.3. The van der Waals surface area contributed by atoms with Crippen molar-refractivity contribution in [1.82, 2.24) is 14.7 Å². The number of hydrogen-bond acceptors (Lipinski definition) is 3. The minimum Gasteiger partial charge on any atom is -0.367 e. The molecular formula is C15H15N3O2S. The van der Waals surface area contributed by atoms with Gasteiger partial charge in [-0.05, 0) is 36.2 Å². The van der Waals surface area contributed by atoms with Gasteiger partial charge in [-0.15, -0.1) is 0 Å². The molecule has 0 radical (unpaired) electrons. The Morgan fingerprint density at radius 1 is 1.29 bits per heavy atom. The van der Waals surface area contributed by atoms with E-state index >= 15 is 0 Å². The maximum Gasteiger partial charge on any atom is 0.243 e. The third kappa shape index (κ3) is 2.81. The van der Waals surface area contributed by atoms with Crippen LogP contribution >= 0.6 is 0 Å². The Bertz CT molecular complexity index is 871. The Kier molecular flexibility index (Phi) is 3.48. The summed E-state index contributed by atoms with van der Waals surface area (Å²) in [7, 11) is -3.60. The Balaban J connectivity index is 1.98. The number of nitrogens with zero attached hydrogens (tertiary/aromatic N) is 1. The van der Waals surface area contributed by atoms with Crippen LogP contribution in [0.3, 0.4) is 0 Å². The Labute approximate surface area is 123 Å². The lowest BCUT2D eigenvalue weighted by Gasteiger charge is -2.08. The monoisotopic (exact) mass is 301 g/mol. The number of rotatable bonds is 4. The molecule has 0 amide bonds. The number of H-pyrrole nitrogens is 1. The van der Waals surface area contributed by atoms with Crippen LogP contribution in [0.1, 0.15) is 11.1 Å². The first-order chi connectivity index (χ1) is 10.1. The van der Waals surface area contributed by atoms with Crippen molar-refractivity contribution < 1.29 is 8.42 Å². The van der Waals surface area contributed by atoms with Gasteiger partial charge in [0.2, 0.25) is 10.0 Å². The van der Waals surface area contributed by atoms with Crippen LogP contribution in [0, 0.1) is 6.92 Å². The molecule has 3 aromatic rings. The topological polar surface area (TPSA) is 74.8 Å². The number of aromatic nitrogens is 2. The molecule has 0 bridgehead atoms. The summed E-state index contributed by atoms with van der Waals surface area (Å²) in [5.74, 6) is 0. The van der Waals surface area contributed by atoms with Crippen LogP contribution in [-0.2, 0) is 16.6 Å². The zero-order chi connectivity index (χ0) is 14.9. The first-order valence-electron chi connectivity index (χ1n) is 6.53. The summed E-state index contributed by atoms with van der Waals surface area (Å²) in [5, 5.41) is 0.819. The summed E-state index contributed by atoms with van der Waals surface area (Å²) >= 11 is 0. The number of aryl methyl sites for hydroxylation is 1. The van der Waals surface area contributed by atoms with Gasteiger partial charge in [-0.2, -0.15) is 0 Å². The molecule has 0 aliphatic heterocycles. The molecular weight excluding hydrogens is 286 g/mol. The number of hydrogen-bond donors (Lipinski definition) is 2. The Morgan fingerprint density at radius 3 is 2.90 bits per heavy atom. The largest absolute Gasteiger partial charge is 0.367 e. The lowest BCUT2D eigenvalue weighted by Crippen LogP contribution is -2.23. The van der Waals surface area contributed by atoms with Crippen LogP contribution in [-0.4, -0.2) is 18.4 Å². The predicted molar refractivity (Wildman–Crippen MR) is 81.3 cm³/mol. The SMILES string of the molecule is Cc1cnc2c(S(=O)(=O)NCc3cc[nH]c3)cccc2c1. The maximum atomic E-state index is 12.5. The van der Waals surface area contributed by atoms with Crippen LogP contribution in [0.15, 0.2) is 53.8 Å². The van der Waals surface area contributed by atoms with Gasteiger partial charge in [0.15, 0.2) is 0 Å². The van der Waals surface area contributed by atoms with Gasteiger partial charge in [0.25, 0.3) is 0 Å². The third-order valence-electron chi connectivity index (χ3n) is 3.23. The quantitative estimate of drug-likeness (QED) is 0.776. The number of sulfonamides is 1. The van der Waals surface area contributed by atoms with Gasteiger partial charge < -0.3 is 4.98 Å². The van der Waals surface area contributed by atoms with E-state index in [1.165, 1.54) is 0 Å². The summed E-state index contributed by atoms with van der Waals surface area (Å²) in [6.45, 7) is 2.17. The molecule has 2 aromatic heterocycles. The first kappa shape index (κ1) is 13.8. The van der Waals surface area contributed by atoms with Crippen molar-refractivity contribution in [3.8, 4) is 0 Å². The van der Waals surface area contributed by atoms with Crippen molar-refractivity contribution in [3.05, 3.63) is 60.0 Å². The van der Waals surface area contributed by atoms with Crippen molar-refractivity contribution >= 4 is 20.9 Å². The third-order valence-corrected chi connectivity index (χ3v) is 4.66. The van der Waals surface area contributed by atoms with E-state index in [0.29, 0.717) is 5.52 Å². The second kappa shape index (κ2) is 5.31. The van der Waals surface area contributed by atoms with Crippen molar-refractivity contribution in [2.45, 2.75) is 18.4 Å². The van der Waals surface area contributed by atoms with E-state index in [-0.39, 0.29) is 11.4 Å². The molecule has 0 fully saturated rings. The highest BCUT2D eigenvalue weighted by atomic mass is 32.2. The molecule has 1 aromatic carbocycles. The van der Waals surface area contributed by atoms with Crippen LogP contribution in [0.4, 0.5) is 0 Å². The highest BCUT2D eigenvalue weighted by Crippen LogP contribution is 2.21. The average molecular weight is 301 g/mol. The minimum atomic E-state index is -3.60. The number of pyridine rings is 1. The number of aromatic amines is 1. The summed E-state index contributed by atoms with van der Waals surface area (Å²) in [6.07, 6.45) is 5.19. The fourth-order valence-electron chi connectivity index (χ4n) is 2.18. The molecule has 3 rings (SSSR count). The molecule has 0 aliphatic rings. The van der Waals surface area contributed by atoms with Crippen molar-refractivity contribution in [2.75, 3.05) is 0 Å². The molecule has 2 N–H and O–H groups in total. The molecule has 0 saturated carbocycles. The van der Waals surface area contributed by atoms with Crippen LogP contribution in [0.5, 0.6) is 0 Å². The van der Waals surface area contributed by atoms with E-state index < -0.39 is 10.0 Å². The predicted octanol–water partition coefficient (Wildman–Crippen LogP) is 2.35. The second-order valence-corrected chi connectivity index (χ2v) is 6.62. The van der Waals surface area contributed by atoms with Gasteiger partial charge in [0.05, 0.1) is 5.52 Å². The zero-order valence-electron chi connectivity index (χ0n) is 11.5. The maximum absolute atomic E-state index is 12.5. The number of para-hydroxylation sites is 1. The first-order valence-corrected chi connectivity index (χ1v) is 8.01. The van der Waals surface area contributed by atoms with E-state index in [4.69, 9.17) is 0 Å². The number of benzene rings is 1. The highest BCUT2D eigenvalue weighted by molar-refractivity contribution is 7.89. The lowest BCUT2D eigenvalue weighted by molar-refractivity contribution is 0.582. The van der Waals surface area contributed by atoms with Gasteiger partial charge in [0.1, 0.15) is 4.90 Å². The molecule has 0 aliphatic carbocycles. The Hall–Kier alpha value is -2.18. The molecule has 2 heterocycles. The molecule has 5 nitrogen and oxygen atoms in total. The average Bonchev–Trinajstić information content (AvgIpc) is 2.97. The van der Waals surface area contributed by atoms with Gasteiger partial charge in [0, 0.05) is 30.5 Å². The summed E-state index contributed by atoms with van der Waals surface area (Å²) in [5.41, 5.74) is 2.37. The van der Waals surface area contributed by atoms with Crippen molar-refractivity contribution in [1.29, 1.82) is 0 Å².